The normalized spacial score (nSPS) is 12.2. The minimum atomic E-state index is -0.380. The van der Waals surface area contributed by atoms with Crippen LogP contribution >= 0.6 is 24.0 Å². The largest absolute Gasteiger partial charge is 0.494 e. The first-order valence-electron chi connectivity index (χ1n) is 9.62. The first kappa shape index (κ1) is 25.2. The highest BCUT2D eigenvalue weighted by Gasteiger charge is 2.11. The summed E-state index contributed by atoms with van der Waals surface area (Å²) in [7, 11) is 1.45. The predicted octanol–water partition coefficient (Wildman–Crippen LogP) is 4.31. The topological polar surface area (TPSA) is 68.0 Å². The summed E-state index contributed by atoms with van der Waals surface area (Å²) in [5.74, 6) is 1.44. The molecule has 0 spiro atoms. The lowest BCUT2D eigenvalue weighted by atomic mass is 10.1. The maximum absolute atomic E-state index is 14.0. The Bertz CT molecular complexity index is 726. The van der Waals surface area contributed by atoms with Crippen LogP contribution in [0.5, 0.6) is 5.75 Å². The molecular formula is C21H31FIN3O3. The van der Waals surface area contributed by atoms with Crippen LogP contribution in [0.15, 0.2) is 46.0 Å². The molecule has 1 atom stereocenters. The lowest BCUT2D eigenvalue weighted by Gasteiger charge is -2.19. The molecular weight excluding hydrogens is 488 g/mol. The van der Waals surface area contributed by atoms with E-state index >= 15 is 0 Å². The zero-order chi connectivity index (χ0) is 20.2. The van der Waals surface area contributed by atoms with E-state index in [2.05, 4.69) is 15.6 Å². The summed E-state index contributed by atoms with van der Waals surface area (Å²) in [6.45, 7) is 6.64. The fourth-order valence-electron chi connectivity index (χ4n) is 2.65. The molecule has 0 fully saturated rings. The fourth-order valence-corrected chi connectivity index (χ4v) is 2.65. The molecule has 1 aromatic carbocycles. The summed E-state index contributed by atoms with van der Waals surface area (Å²) in [5, 5.41) is 6.64. The van der Waals surface area contributed by atoms with Crippen LogP contribution in [0.1, 0.15) is 37.6 Å². The third-order valence-electron chi connectivity index (χ3n) is 4.19. The van der Waals surface area contributed by atoms with Crippen molar-refractivity contribution in [2.24, 2.45) is 4.99 Å². The monoisotopic (exact) mass is 519 g/mol. The summed E-state index contributed by atoms with van der Waals surface area (Å²) in [6.07, 6.45) is 3.25. The van der Waals surface area contributed by atoms with Gasteiger partial charge in [0.1, 0.15) is 5.76 Å². The fraction of sp³-hybridized carbons (Fsp3) is 0.476. The number of hydrogen-bond acceptors (Lipinski definition) is 4. The molecule has 0 bridgehead atoms. The summed E-state index contributed by atoms with van der Waals surface area (Å²) in [4.78, 5) is 4.60. The number of methoxy groups -OCH3 is 1. The van der Waals surface area contributed by atoms with Gasteiger partial charge >= 0.3 is 0 Å². The summed E-state index contributed by atoms with van der Waals surface area (Å²) in [6, 6.07) is 8.64. The number of nitrogens with zero attached hydrogens (tertiary/aromatic N) is 1. The Hall–Kier alpha value is -1.81. The van der Waals surface area contributed by atoms with Gasteiger partial charge in [0.2, 0.25) is 0 Å². The zero-order valence-electron chi connectivity index (χ0n) is 17.2. The molecule has 0 saturated heterocycles. The van der Waals surface area contributed by atoms with Crippen molar-refractivity contribution in [1.82, 2.24) is 10.6 Å². The second-order valence-electron chi connectivity index (χ2n) is 6.30. The van der Waals surface area contributed by atoms with Crippen molar-refractivity contribution in [3.8, 4) is 5.75 Å². The van der Waals surface area contributed by atoms with E-state index in [4.69, 9.17) is 13.9 Å². The van der Waals surface area contributed by atoms with E-state index < -0.39 is 0 Å². The van der Waals surface area contributed by atoms with Crippen molar-refractivity contribution in [2.75, 3.05) is 33.4 Å². The number of nitrogens with one attached hydrogen (secondary N) is 2. The van der Waals surface area contributed by atoms with Crippen LogP contribution in [-0.4, -0.2) is 39.4 Å². The van der Waals surface area contributed by atoms with Gasteiger partial charge in [-0.3, -0.25) is 4.99 Å². The Morgan fingerprint density at radius 1 is 1.31 bits per heavy atom. The first-order chi connectivity index (χ1) is 13.6. The number of rotatable bonds is 11. The van der Waals surface area contributed by atoms with Crippen molar-refractivity contribution in [3.05, 3.63) is 53.7 Å². The highest BCUT2D eigenvalue weighted by molar-refractivity contribution is 14.0. The zero-order valence-corrected chi connectivity index (χ0v) is 19.6. The highest BCUT2D eigenvalue weighted by Crippen LogP contribution is 2.21. The van der Waals surface area contributed by atoms with E-state index in [1.165, 1.54) is 13.2 Å². The molecule has 29 heavy (non-hydrogen) atoms. The minimum absolute atomic E-state index is 0. The van der Waals surface area contributed by atoms with Crippen LogP contribution in [0.25, 0.3) is 0 Å². The van der Waals surface area contributed by atoms with Gasteiger partial charge in [-0.1, -0.05) is 6.07 Å². The van der Waals surface area contributed by atoms with Crippen molar-refractivity contribution >= 4 is 29.9 Å². The van der Waals surface area contributed by atoms with Crippen molar-refractivity contribution in [3.63, 3.8) is 0 Å². The molecule has 0 saturated carbocycles. The number of guanidine groups is 1. The number of benzene rings is 1. The Morgan fingerprint density at radius 3 is 2.79 bits per heavy atom. The molecule has 0 aliphatic heterocycles. The molecule has 2 N–H and O–H groups in total. The Morgan fingerprint density at radius 2 is 2.14 bits per heavy atom. The average molecular weight is 519 g/mol. The van der Waals surface area contributed by atoms with Gasteiger partial charge in [-0.2, -0.15) is 0 Å². The van der Waals surface area contributed by atoms with Crippen LogP contribution in [0.2, 0.25) is 0 Å². The van der Waals surface area contributed by atoms with E-state index in [9.17, 15) is 4.39 Å². The van der Waals surface area contributed by atoms with Crippen molar-refractivity contribution in [1.29, 1.82) is 0 Å². The second kappa shape index (κ2) is 14.2. The summed E-state index contributed by atoms with van der Waals surface area (Å²) >= 11 is 0. The number of hydrogen-bond donors (Lipinski definition) is 2. The standard InChI is InChI=1S/C21H30FN3O3.HI/c1-4-27-13-6-11-23-21(24-12-10-18-7-5-14-28-18)25-16(2)17-8-9-20(26-3)19(22)15-17;/h5,7-9,14-16H,4,6,10-13H2,1-3H3,(H2,23,24,25);1H. The van der Waals surface area contributed by atoms with Gasteiger partial charge in [-0.25, -0.2) is 4.39 Å². The molecule has 8 heteroatoms. The van der Waals surface area contributed by atoms with Crippen LogP contribution in [-0.2, 0) is 11.2 Å². The third-order valence-corrected chi connectivity index (χ3v) is 4.19. The smallest absolute Gasteiger partial charge is 0.191 e. The van der Waals surface area contributed by atoms with Crippen molar-refractivity contribution in [2.45, 2.75) is 32.7 Å². The van der Waals surface area contributed by atoms with E-state index in [-0.39, 0.29) is 41.6 Å². The van der Waals surface area contributed by atoms with Gasteiger partial charge in [-0.15, -0.1) is 24.0 Å². The van der Waals surface area contributed by atoms with E-state index in [0.29, 0.717) is 32.3 Å². The maximum atomic E-state index is 14.0. The molecule has 0 amide bonds. The Kier molecular flexibility index (Phi) is 12.4. The number of aliphatic imine (C=N–C) groups is 1. The quantitative estimate of drug-likeness (QED) is 0.201. The first-order valence-corrected chi connectivity index (χ1v) is 9.62. The van der Waals surface area contributed by atoms with Crippen molar-refractivity contribution < 1.29 is 18.3 Å². The summed E-state index contributed by atoms with van der Waals surface area (Å²) < 4.78 is 29.7. The molecule has 1 aromatic heterocycles. The molecule has 2 rings (SSSR count). The van der Waals surface area contributed by atoms with Gasteiger partial charge in [0, 0.05) is 32.7 Å². The number of ether oxygens (including phenoxy) is 2. The second-order valence-corrected chi connectivity index (χ2v) is 6.30. The van der Waals surface area contributed by atoms with Crippen LogP contribution in [0.4, 0.5) is 4.39 Å². The predicted molar refractivity (Wildman–Crippen MR) is 124 cm³/mol. The van der Waals surface area contributed by atoms with Gasteiger partial charge in [0.15, 0.2) is 17.5 Å². The Labute approximate surface area is 189 Å². The Balaban J connectivity index is 0.00000420. The number of halogens is 2. The van der Waals surface area contributed by atoms with Gasteiger partial charge in [0.25, 0.3) is 0 Å². The molecule has 2 aromatic rings. The van der Waals surface area contributed by atoms with Gasteiger partial charge in [0.05, 0.1) is 19.4 Å². The third kappa shape index (κ3) is 9.03. The summed E-state index contributed by atoms with van der Waals surface area (Å²) in [5.41, 5.74) is 0.813. The highest BCUT2D eigenvalue weighted by atomic mass is 127. The molecule has 1 heterocycles. The van der Waals surface area contributed by atoms with E-state index in [1.54, 1.807) is 12.3 Å². The lowest BCUT2D eigenvalue weighted by molar-refractivity contribution is 0.146. The lowest BCUT2D eigenvalue weighted by Crippen LogP contribution is -2.40. The molecule has 0 radical (unpaired) electrons. The van der Waals surface area contributed by atoms with Gasteiger partial charge < -0.3 is 24.5 Å². The molecule has 1 unspecified atom stereocenters. The van der Waals surface area contributed by atoms with Crippen LogP contribution < -0.4 is 15.4 Å². The molecule has 162 valence electrons. The number of furan rings is 1. The van der Waals surface area contributed by atoms with Crippen LogP contribution in [0, 0.1) is 5.82 Å². The van der Waals surface area contributed by atoms with E-state index in [0.717, 1.165) is 24.2 Å². The molecule has 6 nitrogen and oxygen atoms in total. The molecule has 0 aliphatic carbocycles. The SMILES string of the molecule is CCOCCCN=C(NCCc1ccco1)NC(C)c1ccc(OC)c(F)c1.I. The molecule has 0 aliphatic rings. The van der Waals surface area contributed by atoms with Crippen LogP contribution in [0.3, 0.4) is 0 Å². The minimum Gasteiger partial charge on any atom is -0.494 e. The van der Waals surface area contributed by atoms with Gasteiger partial charge in [-0.05, 0) is 50.1 Å². The maximum Gasteiger partial charge on any atom is 0.191 e. The average Bonchev–Trinajstić information content (AvgIpc) is 3.21. The van der Waals surface area contributed by atoms with E-state index in [1.807, 2.05) is 32.0 Å².